The Morgan fingerprint density at radius 1 is 1.19 bits per heavy atom. The molecular weight excluding hydrogens is 508 g/mol. The summed E-state index contributed by atoms with van der Waals surface area (Å²) in [6.07, 6.45) is 1.38. The zero-order valence-corrected chi connectivity index (χ0v) is 20.3. The van der Waals surface area contributed by atoms with E-state index in [2.05, 4.69) is 15.5 Å². The molecule has 0 bridgehead atoms. The molecule has 4 rings (SSSR count). The highest BCUT2D eigenvalue weighted by Gasteiger charge is 2.21. The number of oxazole rings is 1. The molecule has 0 fully saturated rings. The first-order valence-electron chi connectivity index (χ1n) is 10.3. The van der Waals surface area contributed by atoms with Crippen molar-refractivity contribution in [3.8, 4) is 5.75 Å². The average Bonchev–Trinajstić information content (AvgIpc) is 3.27. The van der Waals surface area contributed by atoms with Crippen LogP contribution in [0.5, 0.6) is 5.75 Å². The number of aromatic nitrogens is 1. The molecule has 1 heterocycles. The summed E-state index contributed by atoms with van der Waals surface area (Å²) in [7, 11) is -4.28. The Labute approximate surface area is 209 Å². The van der Waals surface area contributed by atoms with Crippen LogP contribution in [0.15, 0.2) is 86.4 Å². The smallest absolute Gasteiger partial charge is 0.339 e. The number of aryl methyl sites for hydroxylation is 1. The number of hydrogen-bond acceptors (Lipinski definition) is 10. The molecule has 0 unspecified atom stereocenters. The molecule has 36 heavy (non-hydrogen) atoms. The molecule has 3 aromatic carbocycles. The van der Waals surface area contributed by atoms with Gasteiger partial charge in [-0.1, -0.05) is 30.0 Å². The number of carbonyl (C=O) groups excluding carboxylic acids is 1. The highest BCUT2D eigenvalue weighted by molar-refractivity contribution is 7.99. The lowest BCUT2D eigenvalue weighted by Gasteiger charge is -2.08. The van der Waals surface area contributed by atoms with Crippen LogP contribution in [0.25, 0.3) is 11.1 Å². The molecule has 0 aliphatic heterocycles. The van der Waals surface area contributed by atoms with Gasteiger partial charge in [-0.15, -0.1) is 0 Å². The van der Waals surface area contributed by atoms with Crippen LogP contribution in [0.2, 0.25) is 0 Å². The summed E-state index contributed by atoms with van der Waals surface area (Å²) in [4.78, 5) is 26.4. The highest BCUT2D eigenvalue weighted by Crippen LogP contribution is 2.25. The van der Waals surface area contributed by atoms with Gasteiger partial charge in [-0.25, -0.2) is 10.4 Å². The number of benzene rings is 3. The summed E-state index contributed by atoms with van der Waals surface area (Å²) in [5.74, 6) is -0.308. The first-order valence-corrected chi connectivity index (χ1v) is 12.7. The second-order valence-corrected chi connectivity index (χ2v) is 9.81. The van der Waals surface area contributed by atoms with Crippen LogP contribution in [0.4, 0.5) is 5.69 Å². The van der Waals surface area contributed by atoms with E-state index in [1.54, 1.807) is 6.07 Å². The van der Waals surface area contributed by atoms with Crippen molar-refractivity contribution in [1.29, 1.82) is 0 Å². The SMILES string of the molecule is Cc1ccc(S(=O)(=O)Oc2ccc(/C=N\NC(=O)CSc3nc4ccccc4o3)cc2)cc1[N+](=O)[O-]. The number of fused-ring (bicyclic) bond motifs is 1. The maximum absolute atomic E-state index is 12.5. The maximum atomic E-state index is 12.5. The number of hydrogen-bond donors (Lipinski definition) is 1. The molecule has 1 N–H and O–H groups in total. The van der Waals surface area contributed by atoms with E-state index in [9.17, 15) is 23.3 Å². The van der Waals surface area contributed by atoms with Crippen LogP contribution in [-0.2, 0) is 14.9 Å². The molecule has 0 saturated carbocycles. The van der Waals surface area contributed by atoms with Crippen molar-refractivity contribution in [2.24, 2.45) is 5.10 Å². The minimum Gasteiger partial charge on any atom is -0.431 e. The first kappa shape index (κ1) is 24.9. The van der Waals surface area contributed by atoms with Gasteiger partial charge >= 0.3 is 10.1 Å². The number of rotatable bonds is 9. The van der Waals surface area contributed by atoms with Gasteiger partial charge < -0.3 is 8.60 Å². The van der Waals surface area contributed by atoms with E-state index in [-0.39, 0.29) is 28.0 Å². The maximum Gasteiger partial charge on any atom is 0.339 e. The molecule has 0 atom stereocenters. The Morgan fingerprint density at radius 2 is 1.94 bits per heavy atom. The second kappa shape index (κ2) is 10.6. The van der Waals surface area contributed by atoms with Gasteiger partial charge in [0.25, 0.3) is 16.8 Å². The Balaban J connectivity index is 1.31. The monoisotopic (exact) mass is 526 g/mol. The van der Waals surface area contributed by atoms with Gasteiger partial charge in [0.2, 0.25) is 0 Å². The number of hydrazone groups is 1. The van der Waals surface area contributed by atoms with Crippen molar-refractivity contribution >= 4 is 50.8 Å². The standard InChI is InChI=1S/C23H18N4O7S2/c1-15-6-11-18(12-20(15)27(29)30)36(31,32)34-17-9-7-16(8-10-17)13-24-26-22(28)14-35-23-25-19-4-2-3-5-21(19)33-23/h2-13H,14H2,1H3,(H,26,28)/b24-13-. The van der Waals surface area contributed by atoms with Gasteiger partial charge in [0.1, 0.15) is 16.2 Å². The fourth-order valence-corrected chi connectivity index (χ4v) is 4.56. The summed E-state index contributed by atoms with van der Waals surface area (Å²) < 4.78 is 35.6. The van der Waals surface area contributed by atoms with Gasteiger partial charge in [0, 0.05) is 11.6 Å². The molecule has 11 nitrogen and oxygen atoms in total. The van der Waals surface area contributed by atoms with E-state index >= 15 is 0 Å². The molecule has 0 saturated heterocycles. The predicted molar refractivity (Wildman–Crippen MR) is 133 cm³/mol. The van der Waals surface area contributed by atoms with Crippen LogP contribution < -0.4 is 9.61 Å². The molecule has 0 spiro atoms. The molecule has 184 valence electrons. The molecule has 0 aliphatic rings. The van der Waals surface area contributed by atoms with Crippen LogP contribution in [0, 0.1) is 17.0 Å². The topological polar surface area (TPSA) is 154 Å². The summed E-state index contributed by atoms with van der Waals surface area (Å²) in [6, 6.07) is 16.7. The van der Waals surface area contributed by atoms with Crippen LogP contribution >= 0.6 is 11.8 Å². The van der Waals surface area contributed by atoms with E-state index in [1.807, 2.05) is 18.2 Å². The van der Waals surface area contributed by atoms with Crippen LogP contribution in [0.3, 0.4) is 0 Å². The fourth-order valence-electron chi connectivity index (χ4n) is 2.98. The van der Waals surface area contributed by atoms with Crippen molar-refractivity contribution in [2.45, 2.75) is 17.0 Å². The Kier molecular flexibility index (Phi) is 7.31. The third kappa shape index (κ3) is 6.06. The molecule has 4 aromatic rings. The number of nitrogens with one attached hydrogen (secondary N) is 1. The quantitative estimate of drug-likeness (QED) is 0.112. The van der Waals surface area contributed by atoms with E-state index in [4.69, 9.17) is 8.60 Å². The molecule has 1 amide bonds. The number of nitro benzene ring substituents is 1. The third-order valence-electron chi connectivity index (χ3n) is 4.76. The van der Waals surface area contributed by atoms with Gasteiger partial charge in [0.15, 0.2) is 5.58 Å². The van der Waals surface area contributed by atoms with Crippen molar-refractivity contribution in [2.75, 3.05) is 5.75 Å². The molecule has 0 aliphatic carbocycles. The minimum atomic E-state index is -4.28. The lowest BCUT2D eigenvalue weighted by Crippen LogP contribution is -2.19. The number of para-hydroxylation sites is 2. The normalized spacial score (nSPS) is 11.6. The van der Waals surface area contributed by atoms with Crippen molar-refractivity contribution in [1.82, 2.24) is 10.4 Å². The summed E-state index contributed by atoms with van der Waals surface area (Å²) in [6.45, 7) is 1.51. The first-order chi connectivity index (χ1) is 17.2. The summed E-state index contributed by atoms with van der Waals surface area (Å²) >= 11 is 1.13. The molecule has 13 heteroatoms. The zero-order chi connectivity index (χ0) is 25.7. The van der Waals surface area contributed by atoms with Crippen molar-refractivity contribution in [3.05, 3.63) is 88.0 Å². The molecule has 1 aromatic heterocycles. The van der Waals surface area contributed by atoms with E-state index in [1.165, 1.54) is 49.5 Å². The molecular formula is C23H18N4O7S2. The molecule has 0 radical (unpaired) electrons. The second-order valence-electron chi connectivity index (χ2n) is 7.34. The van der Waals surface area contributed by atoms with Gasteiger partial charge in [-0.3, -0.25) is 14.9 Å². The summed E-state index contributed by atoms with van der Waals surface area (Å²) in [5.41, 5.74) is 4.31. The van der Waals surface area contributed by atoms with Crippen LogP contribution in [-0.4, -0.2) is 36.2 Å². The van der Waals surface area contributed by atoms with Gasteiger partial charge in [-0.2, -0.15) is 13.5 Å². The van der Waals surface area contributed by atoms with E-state index < -0.39 is 15.0 Å². The predicted octanol–water partition coefficient (Wildman–Crippen LogP) is 4.05. The Morgan fingerprint density at radius 3 is 2.67 bits per heavy atom. The van der Waals surface area contributed by atoms with Gasteiger partial charge in [0.05, 0.1) is 16.9 Å². The zero-order valence-electron chi connectivity index (χ0n) is 18.7. The lowest BCUT2D eigenvalue weighted by molar-refractivity contribution is -0.385. The Bertz CT molecular complexity index is 1530. The summed E-state index contributed by atoms with van der Waals surface area (Å²) in [5, 5.41) is 15.3. The average molecular weight is 527 g/mol. The number of nitro groups is 1. The fraction of sp³-hybridized carbons (Fsp3) is 0.0870. The van der Waals surface area contributed by atoms with Crippen molar-refractivity contribution < 1.29 is 26.7 Å². The minimum absolute atomic E-state index is 0.00847. The largest absolute Gasteiger partial charge is 0.431 e. The van der Waals surface area contributed by atoms with Crippen LogP contribution in [0.1, 0.15) is 11.1 Å². The Hall–Kier alpha value is -4.23. The van der Waals surface area contributed by atoms with Gasteiger partial charge in [-0.05, 0) is 55.0 Å². The number of nitrogens with zero attached hydrogens (tertiary/aromatic N) is 3. The number of amides is 1. The van der Waals surface area contributed by atoms with E-state index in [0.717, 1.165) is 17.8 Å². The number of thioether (sulfide) groups is 1. The third-order valence-corrected chi connectivity index (χ3v) is 6.83. The highest BCUT2D eigenvalue weighted by atomic mass is 32.2. The van der Waals surface area contributed by atoms with E-state index in [0.29, 0.717) is 27.4 Å². The number of carbonyl (C=O) groups is 1. The van der Waals surface area contributed by atoms with Crippen molar-refractivity contribution in [3.63, 3.8) is 0 Å². The lowest BCUT2D eigenvalue weighted by atomic mass is 10.2.